The third-order valence-electron chi connectivity index (χ3n) is 3.42. The van der Waals surface area contributed by atoms with Crippen LogP contribution in [0.3, 0.4) is 0 Å². The fourth-order valence-corrected chi connectivity index (χ4v) is 2.01. The van der Waals surface area contributed by atoms with Gasteiger partial charge in [0.2, 0.25) is 5.91 Å². The van der Waals surface area contributed by atoms with Crippen molar-refractivity contribution in [2.75, 3.05) is 19.6 Å². The number of carbonyl (C=O) groups excluding carboxylic acids is 1. The van der Waals surface area contributed by atoms with Gasteiger partial charge in [-0.3, -0.25) is 4.79 Å². The van der Waals surface area contributed by atoms with E-state index in [0.29, 0.717) is 12.6 Å². The molecule has 3 heteroatoms. The fraction of sp³-hybridized carbons (Fsp3) is 0.923. The van der Waals surface area contributed by atoms with Crippen molar-refractivity contribution in [3.8, 4) is 0 Å². The van der Waals surface area contributed by atoms with Gasteiger partial charge in [-0.2, -0.15) is 0 Å². The summed E-state index contributed by atoms with van der Waals surface area (Å²) in [6.45, 7) is 6.69. The van der Waals surface area contributed by atoms with Gasteiger partial charge in [0.05, 0.1) is 6.54 Å². The highest BCUT2D eigenvalue weighted by Crippen LogP contribution is 2.10. The number of hydrogen-bond acceptors (Lipinski definition) is 2. The average Bonchev–Trinajstić information content (AvgIpc) is 2.25. The zero-order valence-corrected chi connectivity index (χ0v) is 10.8. The van der Waals surface area contributed by atoms with Gasteiger partial charge in [-0.25, -0.2) is 0 Å². The lowest BCUT2D eigenvalue weighted by Gasteiger charge is -2.25. The van der Waals surface area contributed by atoms with Crippen LogP contribution in [0.1, 0.15) is 52.4 Å². The topological polar surface area (TPSA) is 32.3 Å². The molecule has 1 amide bonds. The Bertz CT molecular complexity index is 198. The Kier molecular flexibility index (Phi) is 6.46. The smallest absolute Gasteiger partial charge is 0.236 e. The number of nitrogens with zero attached hydrogens (tertiary/aromatic N) is 1. The lowest BCUT2D eigenvalue weighted by Crippen LogP contribution is -2.42. The number of carbonyl (C=O) groups is 1. The first-order valence-corrected chi connectivity index (χ1v) is 6.75. The van der Waals surface area contributed by atoms with E-state index in [1.54, 1.807) is 0 Å². The highest BCUT2D eigenvalue weighted by molar-refractivity contribution is 5.78. The predicted molar refractivity (Wildman–Crippen MR) is 67.4 cm³/mol. The molecule has 1 unspecified atom stereocenters. The second kappa shape index (κ2) is 7.66. The Morgan fingerprint density at radius 1 is 1.19 bits per heavy atom. The van der Waals surface area contributed by atoms with Gasteiger partial charge in [-0.1, -0.05) is 26.2 Å². The van der Waals surface area contributed by atoms with E-state index in [1.165, 1.54) is 32.1 Å². The van der Waals surface area contributed by atoms with Gasteiger partial charge in [-0.15, -0.1) is 0 Å². The molecule has 0 saturated carbocycles. The summed E-state index contributed by atoms with van der Waals surface area (Å²) in [4.78, 5) is 14.0. The van der Waals surface area contributed by atoms with E-state index >= 15 is 0 Å². The second-order valence-electron chi connectivity index (χ2n) is 4.84. The summed E-state index contributed by atoms with van der Waals surface area (Å²) in [7, 11) is 0. The Morgan fingerprint density at radius 3 is 2.31 bits per heavy atom. The molecule has 1 aliphatic heterocycles. The number of hydrogen-bond donors (Lipinski definition) is 1. The largest absolute Gasteiger partial charge is 0.342 e. The summed E-state index contributed by atoms with van der Waals surface area (Å²) in [5.74, 6) is 0.280. The SMILES string of the molecule is CCC(C)NCC(=O)N1CCCCCCC1. The van der Waals surface area contributed by atoms with E-state index in [9.17, 15) is 4.79 Å². The lowest BCUT2D eigenvalue weighted by molar-refractivity contribution is -0.130. The normalized spacial score (nSPS) is 20.0. The summed E-state index contributed by atoms with van der Waals surface area (Å²) in [6, 6.07) is 0.443. The molecule has 94 valence electrons. The molecular weight excluding hydrogens is 200 g/mol. The Hall–Kier alpha value is -0.570. The molecule has 1 heterocycles. The van der Waals surface area contributed by atoms with Crippen molar-refractivity contribution in [2.24, 2.45) is 0 Å². The molecule has 0 aromatic heterocycles. The summed E-state index contributed by atoms with van der Waals surface area (Å²) in [5.41, 5.74) is 0. The molecule has 0 aromatic rings. The van der Waals surface area contributed by atoms with Crippen molar-refractivity contribution in [2.45, 2.75) is 58.4 Å². The third kappa shape index (κ3) is 4.97. The maximum atomic E-state index is 11.9. The Morgan fingerprint density at radius 2 is 1.75 bits per heavy atom. The minimum absolute atomic E-state index is 0.280. The average molecular weight is 226 g/mol. The van der Waals surface area contributed by atoms with Crippen LogP contribution < -0.4 is 5.32 Å². The van der Waals surface area contributed by atoms with Crippen LogP contribution in [0.25, 0.3) is 0 Å². The van der Waals surface area contributed by atoms with Crippen LogP contribution in [0.2, 0.25) is 0 Å². The quantitative estimate of drug-likeness (QED) is 0.797. The molecule has 16 heavy (non-hydrogen) atoms. The molecule has 0 aliphatic carbocycles. The summed E-state index contributed by atoms with van der Waals surface area (Å²) in [5, 5.41) is 3.27. The van der Waals surface area contributed by atoms with Gasteiger partial charge < -0.3 is 10.2 Å². The summed E-state index contributed by atoms with van der Waals surface area (Å²) >= 11 is 0. The first kappa shape index (κ1) is 13.5. The fourth-order valence-electron chi connectivity index (χ4n) is 2.01. The molecule has 0 radical (unpaired) electrons. The number of nitrogens with one attached hydrogen (secondary N) is 1. The molecular formula is C13H26N2O. The second-order valence-corrected chi connectivity index (χ2v) is 4.84. The molecule has 1 saturated heterocycles. The highest BCUT2D eigenvalue weighted by Gasteiger charge is 2.14. The first-order chi connectivity index (χ1) is 7.74. The molecule has 3 nitrogen and oxygen atoms in total. The van der Waals surface area contributed by atoms with E-state index in [1.807, 2.05) is 4.90 Å². The molecule has 0 spiro atoms. The van der Waals surface area contributed by atoms with Crippen LogP contribution in [-0.4, -0.2) is 36.5 Å². The van der Waals surface area contributed by atoms with E-state index in [2.05, 4.69) is 19.2 Å². The molecule has 1 fully saturated rings. The van der Waals surface area contributed by atoms with Gasteiger partial charge in [0, 0.05) is 19.1 Å². The summed E-state index contributed by atoms with van der Waals surface area (Å²) in [6.07, 6.45) is 7.33. The number of amides is 1. The maximum absolute atomic E-state index is 11.9. The molecule has 1 aliphatic rings. The monoisotopic (exact) mass is 226 g/mol. The van der Waals surface area contributed by atoms with Crippen molar-refractivity contribution in [1.29, 1.82) is 0 Å². The molecule has 0 bridgehead atoms. The van der Waals surface area contributed by atoms with Crippen molar-refractivity contribution in [3.63, 3.8) is 0 Å². The van der Waals surface area contributed by atoms with E-state index < -0.39 is 0 Å². The maximum Gasteiger partial charge on any atom is 0.236 e. The zero-order valence-electron chi connectivity index (χ0n) is 10.8. The minimum atomic E-state index is 0.280. The van der Waals surface area contributed by atoms with Crippen molar-refractivity contribution in [3.05, 3.63) is 0 Å². The predicted octanol–water partition coefficient (Wildman–Crippen LogP) is 2.17. The highest BCUT2D eigenvalue weighted by atomic mass is 16.2. The van der Waals surface area contributed by atoms with Gasteiger partial charge >= 0.3 is 0 Å². The Balaban J connectivity index is 2.27. The molecule has 1 atom stereocenters. The number of likely N-dealkylation sites (tertiary alicyclic amines) is 1. The van der Waals surface area contributed by atoms with Crippen molar-refractivity contribution >= 4 is 5.91 Å². The van der Waals surface area contributed by atoms with Crippen LogP contribution >= 0.6 is 0 Å². The van der Waals surface area contributed by atoms with Gasteiger partial charge in [0.25, 0.3) is 0 Å². The van der Waals surface area contributed by atoms with E-state index in [4.69, 9.17) is 0 Å². The van der Waals surface area contributed by atoms with Crippen molar-refractivity contribution in [1.82, 2.24) is 10.2 Å². The van der Waals surface area contributed by atoms with Gasteiger partial charge in [-0.05, 0) is 26.2 Å². The molecule has 0 aromatic carbocycles. The number of rotatable bonds is 4. The van der Waals surface area contributed by atoms with Crippen LogP contribution in [-0.2, 0) is 4.79 Å². The van der Waals surface area contributed by atoms with E-state index in [-0.39, 0.29) is 5.91 Å². The minimum Gasteiger partial charge on any atom is -0.342 e. The van der Waals surface area contributed by atoms with Crippen LogP contribution in [0.15, 0.2) is 0 Å². The third-order valence-corrected chi connectivity index (χ3v) is 3.42. The van der Waals surface area contributed by atoms with E-state index in [0.717, 1.165) is 19.5 Å². The standard InChI is InChI=1S/C13H26N2O/c1-3-12(2)14-11-13(16)15-9-7-5-4-6-8-10-15/h12,14H,3-11H2,1-2H3. The van der Waals surface area contributed by atoms with Gasteiger partial charge in [0.1, 0.15) is 0 Å². The van der Waals surface area contributed by atoms with Crippen LogP contribution in [0.4, 0.5) is 0 Å². The first-order valence-electron chi connectivity index (χ1n) is 6.75. The molecule has 1 N–H and O–H groups in total. The van der Waals surface area contributed by atoms with Gasteiger partial charge in [0.15, 0.2) is 0 Å². The van der Waals surface area contributed by atoms with Crippen molar-refractivity contribution < 1.29 is 4.79 Å². The van der Waals surface area contributed by atoms with Crippen LogP contribution in [0.5, 0.6) is 0 Å². The Labute approximate surface area is 99.6 Å². The lowest BCUT2D eigenvalue weighted by atomic mass is 10.1. The van der Waals surface area contributed by atoms with Crippen LogP contribution in [0, 0.1) is 0 Å². The summed E-state index contributed by atoms with van der Waals surface area (Å²) < 4.78 is 0. The zero-order chi connectivity index (χ0) is 11.8. The molecule has 1 rings (SSSR count).